The van der Waals surface area contributed by atoms with Gasteiger partial charge in [0.25, 0.3) is 0 Å². The first-order valence-electron chi connectivity index (χ1n) is 5.94. The summed E-state index contributed by atoms with van der Waals surface area (Å²) in [7, 11) is 1.07. The minimum atomic E-state index is -4.54. The summed E-state index contributed by atoms with van der Waals surface area (Å²) in [6, 6.07) is 4.85. The van der Waals surface area contributed by atoms with Crippen LogP contribution in [0.15, 0.2) is 24.3 Å². The molecule has 0 spiro atoms. The Kier molecular flexibility index (Phi) is 5.68. The zero-order chi connectivity index (χ0) is 16.1. The summed E-state index contributed by atoms with van der Waals surface area (Å²) in [5.74, 6) is -1.54. The zero-order valence-electron chi connectivity index (χ0n) is 11.2. The van der Waals surface area contributed by atoms with Crippen LogP contribution in [0.1, 0.15) is 5.56 Å². The van der Waals surface area contributed by atoms with Crippen molar-refractivity contribution in [2.75, 3.05) is 26.9 Å². The fourth-order valence-corrected chi connectivity index (χ4v) is 1.84. The van der Waals surface area contributed by atoms with Crippen molar-refractivity contribution in [3.05, 3.63) is 35.6 Å². The lowest BCUT2D eigenvalue weighted by atomic mass is 9.81. The summed E-state index contributed by atoms with van der Waals surface area (Å²) < 4.78 is 58.9. The van der Waals surface area contributed by atoms with Crippen molar-refractivity contribution in [1.29, 1.82) is 0 Å². The van der Waals surface area contributed by atoms with Crippen LogP contribution < -0.4 is 5.73 Å². The Balaban J connectivity index is 3.08. The first-order valence-corrected chi connectivity index (χ1v) is 5.94. The molecular formula is C13H15F4NO3. The molecule has 21 heavy (non-hydrogen) atoms. The van der Waals surface area contributed by atoms with Gasteiger partial charge in [-0.3, -0.25) is 4.79 Å². The Hall–Kier alpha value is -1.67. The van der Waals surface area contributed by atoms with Crippen LogP contribution >= 0.6 is 0 Å². The summed E-state index contributed by atoms with van der Waals surface area (Å²) in [6.45, 7) is -2.60. The second-order valence-electron chi connectivity index (χ2n) is 4.40. The SMILES string of the molecule is COC(=O)C(CN)(COCC(F)(F)F)c1cccc(F)c1. The van der Waals surface area contributed by atoms with Crippen molar-refractivity contribution in [3.63, 3.8) is 0 Å². The number of rotatable bonds is 6. The first kappa shape index (κ1) is 17.4. The van der Waals surface area contributed by atoms with Crippen molar-refractivity contribution in [2.45, 2.75) is 11.6 Å². The minimum Gasteiger partial charge on any atom is -0.468 e. The van der Waals surface area contributed by atoms with Crippen molar-refractivity contribution >= 4 is 5.97 Å². The molecule has 0 saturated carbocycles. The molecule has 0 radical (unpaired) electrons. The molecule has 1 atom stereocenters. The monoisotopic (exact) mass is 309 g/mol. The van der Waals surface area contributed by atoms with Crippen LogP contribution in [0.5, 0.6) is 0 Å². The average Bonchev–Trinajstić information content (AvgIpc) is 2.42. The van der Waals surface area contributed by atoms with E-state index in [9.17, 15) is 22.4 Å². The maximum atomic E-state index is 13.3. The molecule has 8 heteroatoms. The molecule has 118 valence electrons. The number of halogens is 4. The van der Waals surface area contributed by atoms with Gasteiger partial charge in [0.1, 0.15) is 17.8 Å². The molecule has 0 amide bonds. The third kappa shape index (κ3) is 4.40. The molecule has 0 aliphatic carbocycles. The number of methoxy groups -OCH3 is 1. The number of carbonyl (C=O) groups is 1. The average molecular weight is 309 g/mol. The zero-order valence-corrected chi connectivity index (χ0v) is 11.2. The lowest BCUT2D eigenvalue weighted by Gasteiger charge is -2.30. The van der Waals surface area contributed by atoms with E-state index < -0.39 is 36.6 Å². The van der Waals surface area contributed by atoms with E-state index in [1.165, 1.54) is 12.1 Å². The molecule has 1 unspecified atom stereocenters. The number of alkyl halides is 3. The summed E-state index contributed by atoms with van der Waals surface area (Å²) in [5, 5.41) is 0. The molecule has 2 N–H and O–H groups in total. The molecule has 0 saturated heterocycles. The molecule has 1 aromatic carbocycles. The van der Waals surface area contributed by atoms with E-state index in [1.54, 1.807) is 0 Å². The van der Waals surface area contributed by atoms with Crippen LogP contribution in [-0.2, 0) is 19.7 Å². The van der Waals surface area contributed by atoms with Gasteiger partial charge in [0.15, 0.2) is 0 Å². The Morgan fingerprint density at radius 2 is 1.95 bits per heavy atom. The van der Waals surface area contributed by atoms with E-state index in [-0.39, 0.29) is 12.1 Å². The first-order chi connectivity index (χ1) is 9.75. The highest BCUT2D eigenvalue weighted by molar-refractivity contribution is 5.83. The molecule has 0 aromatic heterocycles. The number of nitrogens with two attached hydrogens (primary N) is 1. The highest BCUT2D eigenvalue weighted by atomic mass is 19.4. The number of hydrogen-bond donors (Lipinski definition) is 1. The topological polar surface area (TPSA) is 61.5 Å². The fourth-order valence-electron chi connectivity index (χ4n) is 1.84. The maximum absolute atomic E-state index is 13.3. The van der Waals surface area contributed by atoms with Crippen LogP contribution in [0.25, 0.3) is 0 Å². The van der Waals surface area contributed by atoms with Crippen LogP contribution in [0.4, 0.5) is 17.6 Å². The third-order valence-electron chi connectivity index (χ3n) is 2.92. The van der Waals surface area contributed by atoms with Gasteiger partial charge >= 0.3 is 12.1 Å². The predicted octanol–water partition coefficient (Wildman–Crippen LogP) is 1.77. The molecular weight excluding hydrogens is 294 g/mol. The van der Waals surface area contributed by atoms with Crippen LogP contribution in [0.2, 0.25) is 0 Å². The molecule has 4 nitrogen and oxygen atoms in total. The van der Waals surface area contributed by atoms with Gasteiger partial charge in [-0.05, 0) is 17.7 Å². The Morgan fingerprint density at radius 3 is 2.43 bits per heavy atom. The van der Waals surface area contributed by atoms with Crippen LogP contribution in [-0.4, -0.2) is 39.0 Å². The number of ether oxygens (including phenoxy) is 2. The molecule has 1 rings (SSSR count). The van der Waals surface area contributed by atoms with Gasteiger partial charge in [-0.2, -0.15) is 13.2 Å². The summed E-state index contributed by atoms with van der Waals surface area (Å²) in [6.07, 6.45) is -4.54. The van der Waals surface area contributed by atoms with E-state index in [1.807, 2.05) is 0 Å². The minimum absolute atomic E-state index is 0.0963. The summed E-state index contributed by atoms with van der Waals surface area (Å²) in [4.78, 5) is 11.9. The molecule has 0 fully saturated rings. The highest BCUT2D eigenvalue weighted by Gasteiger charge is 2.42. The van der Waals surface area contributed by atoms with Crippen LogP contribution in [0.3, 0.4) is 0 Å². The predicted molar refractivity (Wildman–Crippen MR) is 66.0 cm³/mol. The maximum Gasteiger partial charge on any atom is 0.411 e. The standard InChI is InChI=1S/C13H15F4NO3/c1-20-11(19)12(6-18,7-21-8-13(15,16)17)9-3-2-4-10(14)5-9/h2-5H,6-8,18H2,1H3. The second-order valence-corrected chi connectivity index (χ2v) is 4.40. The Bertz CT molecular complexity index is 493. The van der Waals surface area contributed by atoms with Crippen molar-refractivity contribution in [1.82, 2.24) is 0 Å². The van der Waals surface area contributed by atoms with E-state index >= 15 is 0 Å². The van der Waals surface area contributed by atoms with Gasteiger partial charge in [0.05, 0.1) is 13.7 Å². The third-order valence-corrected chi connectivity index (χ3v) is 2.92. The number of esters is 1. The lowest BCUT2D eigenvalue weighted by molar-refractivity contribution is -0.181. The van der Waals surface area contributed by atoms with Gasteiger partial charge in [-0.15, -0.1) is 0 Å². The van der Waals surface area contributed by atoms with E-state index in [4.69, 9.17) is 5.73 Å². The number of hydrogen-bond acceptors (Lipinski definition) is 4. The van der Waals surface area contributed by atoms with Gasteiger partial charge in [-0.1, -0.05) is 12.1 Å². The van der Waals surface area contributed by atoms with E-state index in [0.717, 1.165) is 19.2 Å². The molecule has 0 heterocycles. The largest absolute Gasteiger partial charge is 0.468 e. The highest BCUT2D eigenvalue weighted by Crippen LogP contribution is 2.27. The smallest absolute Gasteiger partial charge is 0.411 e. The van der Waals surface area contributed by atoms with Crippen molar-refractivity contribution < 1.29 is 31.8 Å². The molecule has 1 aromatic rings. The lowest BCUT2D eigenvalue weighted by Crippen LogP contribution is -2.48. The summed E-state index contributed by atoms with van der Waals surface area (Å²) >= 11 is 0. The molecule has 0 bridgehead atoms. The summed E-state index contributed by atoms with van der Waals surface area (Å²) in [5.41, 5.74) is 3.94. The Labute approximate surface area is 118 Å². The number of benzene rings is 1. The number of carbonyl (C=O) groups excluding carboxylic acids is 1. The van der Waals surface area contributed by atoms with Crippen molar-refractivity contribution in [3.8, 4) is 0 Å². The normalized spacial score (nSPS) is 14.6. The Morgan fingerprint density at radius 1 is 1.29 bits per heavy atom. The molecule has 0 aliphatic heterocycles. The van der Waals surface area contributed by atoms with Gasteiger partial charge in [0.2, 0.25) is 0 Å². The molecule has 0 aliphatic rings. The van der Waals surface area contributed by atoms with Gasteiger partial charge < -0.3 is 15.2 Å². The fraction of sp³-hybridized carbons (Fsp3) is 0.462. The van der Waals surface area contributed by atoms with E-state index in [0.29, 0.717) is 0 Å². The van der Waals surface area contributed by atoms with E-state index in [2.05, 4.69) is 9.47 Å². The van der Waals surface area contributed by atoms with Gasteiger partial charge in [0, 0.05) is 6.54 Å². The van der Waals surface area contributed by atoms with Crippen LogP contribution in [0, 0.1) is 5.82 Å². The van der Waals surface area contributed by atoms with Gasteiger partial charge in [-0.25, -0.2) is 4.39 Å². The quantitative estimate of drug-likeness (QED) is 0.643. The van der Waals surface area contributed by atoms with Crippen molar-refractivity contribution in [2.24, 2.45) is 5.73 Å². The second kappa shape index (κ2) is 6.86.